The van der Waals surface area contributed by atoms with E-state index in [1.807, 2.05) is 6.92 Å². The number of rotatable bonds is 1. The summed E-state index contributed by atoms with van der Waals surface area (Å²) in [5.41, 5.74) is 2.45. The number of fused-ring (bicyclic) bond motifs is 1. The van der Waals surface area contributed by atoms with E-state index >= 15 is 0 Å². The highest BCUT2D eigenvalue weighted by Crippen LogP contribution is 2.36. The number of hydrogen-bond acceptors (Lipinski definition) is 4. The number of nitrogens with zero attached hydrogens (tertiary/aromatic N) is 1. The van der Waals surface area contributed by atoms with E-state index in [4.69, 9.17) is 9.47 Å². The molecule has 0 bridgehead atoms. The molecule has 0 amide bonds. The molecule has 0 spiro atoms. The Kier molecular flexibility index (Phi) is 3.10. The van der Waals surface area contributed by atoms with Crippen LogP contribution < -0.4 is 4.74 Å². The van der Waals surface area contributed by atoms with Gasteiger partial charge in [0.15, 0.2) is 0 Å². The average Bonchev–Trinajstić information content (AvgIpc) is 2.28. The van der Waals surface area contributed by atoms with Gasteiger partial charge >= 0.3 is 0 Å². The minimum absolute atomic E-state index is 0.0392. The molecule has 4 nitrogen and oxygen atoms in total. The van der Waals surface area contributed by atoms with Gasteiger partial charge < -0.3 is 14.6 Å². The van der Waals surface area contributed by atoms with E-state index in [0.717, 1.165) is 22.6 Å². The SMILES string of the molecule is Cc1ncc(CO)c2c1OC(C(C)(C)C)OC2. The van der Waals surface area contributed by atoms with Crippen molar-refractivity contribution in [2.45, 2.75) is 47.2 Å². The lowest BCUT2D eigenvalue weighted by molar-refractivity contribution is -0.164. The van der Waals surface area contributed by atoms with Crippen LogP contribution in [-0.4, -0.2) is 16.4 Å². The van der Waals surface area contributed by atoms with E-state index in [9.17, 15) is 5.11 Å². The number of pyridine rings is 1. The lowest BCUT2D eigenvalue weighted by Gasteiger charge is -2.35. The Balaban J connectivity index is 2.38. The zero-order valence-electron chi connectivity index (χ0n) is 10.8. The molecular formula is C13H19NO3. The van der Waals surface area contributed by atoms with Gasteiger partial charge in [-0.25, -0.2) is 0 Å². The van der Waals surface area contributed by atoms with Crippen LogP contribution in [0, 0.1) is 12.3 Å². The lowest BCUT2D eigenvalue weighted by Crippen LogP contribution is -2.38. The molecule has 0 fully saturated rings. The molecule has 0 radical (unpaired) electrons. The normalized spacial score (nSPS) is 19.7. The molecule has 0 aromatic carbocycles. The van der Waals surface area contributed by atoms with Crippen LogP contribution in [0.2, 0.25) is 0 Å². The third kappa shape index (κ3) is 2.28. The fourth-order valence-electron chi connectivity index (χ4n) is 1.85. The van der Waals surface area contributed by atoms with Gasteiger partial charge in [0.1, 0.15) is 5.75 Å². The van der Waals surface area contributed by atoms with Crippen molar-refractivity contribution in [1.82, 2.24) is 4.98 Å². The Morgan fingerprint density at radius 1 is 1.47 bits per heavy atom. The summed E-state index contributed by atoms with van der Waals surface area (Å²) in [4.78, 5) is 4.24. The maximum absolute atomic E-state index is 9.26. The van der Waals surface area contributed by atoms with Crippen LogP contribution in [0.25, 0.3) is 0 Å². The summed E-state index contributed by atoms with van der Waals surface area (Å²) in [5.74, 6) is 0.766. The van der Waals surface area contributed by atoms with Gasteiger partial charge in [-0.15, -0.1) is 0 Å². The van der Waals surface area contributed by atoms with Crippen LogP contribution >= 0.6 is 0 Å². The Morgan fingerprint density at radius 3 is 2.76 bits per heavy atom. The Morgan fingerprint density at radius 2 is 2.18 bits per heavy atom. The number of aliphatic hydroxyl groups is 1. The van der Waals surface area contributed by atoms with E-state index < -0.39 is 0 Å². The van der Waals surface area contributed by atoms with Crippen LogP contribution in [-0.2, 0) is 18.0 Å². The third-order valence-electron chi connectivity index (χ3n) is 2.89. The molecule has 1 aliphatic heterocycles. The Hall–Kier alpha value is -1.13. The van der Waals surface area contributed by atoms with Gasteiger partial charge in [-0.2, -0.15) is 0 Å². The molecule has 1 aromatic rings. The standard InChI is InChI=1S/C13H19NO3/c1-8-11-10(9(6-15)5-14-8)7-16-12(17-11)13(2,3)4/h5,12,15H,6-7H2,1-4H3. The van der Waals surface area contributed by atoms with Crippen LogP contribution in [0.1, 0.15) is 37.6 Å². The first-order chi connectivity index (χ1) is 7.93. The van der Waals surface area contributed by atoms with E-state index in [2.05, 4.69) is 25.8 Å². The van der Waals surface area contributed by atoms with Crippen molar-refractivity contribution in [3.8, 4) is 5.75 Å². The van der Waals surface area contributed by atoms with E-state index in [0.29, 0.717) is 6.61 Å². The predicted molar refractivity (Wildman–Crippen MR) is 63.6 cm³/mol. The highest BCUT2D eigenvalue weighted by Gasteiger charge is 2.33. The second-order valence-electron chi connectivity index (χ2n) is 5.46. The number of aryl methyl sites for hydroxylation is 1. The fraction of sp³-hybridized carbons (Fsp3) is 0.615. The van der Waals surface area contributed by atoms with Gasteiger partial charge in [-0.3, -0.25) is 4.98 Å². The molecule has 0 aliphatic carbocycles. The number of aromatic nitrogens is 1. The van der Waals surface area contributed by atoms with Crippen LogP contribution in [0.4, 0.5) is 0 Å². The average molecular weight is 237 g/mol. The predicted octanol–water partition coefficient (Wildman–Crippen LogP) is 2.16. The van der Waals surface area contributed by atoms with E-state index in [1.54, 1.807) is 6.20 Å². The molecule has 1 aliphatic rings. The zero-order chi connectivity index (χ0) is 12.6. The molecule has 4 heteroatoms. The summed E-state index contributed by atoms with van der Waals surface area (Å²) >= 11 is 0. The second kappa shape index (κ2) is 4.27. The van der Waals surface area contributed by atoms with Crippen molar-refractivity contribution >= 4 is 0 Å². The van der Waals surface area contributed by atoms with Crippen molar-refractivity contribution in [3.05, 3.63) is 23.0 Å². The topological polar surface area (TPSA) is 51.6 Å². The first kappa shape index (κ1) is 12.3. The maximum Gasteiger partial charge on any atom is 0.205 e. The van der Waals surface area contributed by atoms with Crippen LogP contribution in [0.5, 0.6) is 5.75 Å². The molecule has 1 unspecified atom stereocenters. The van der Waals surface area contributed by atoms with Gasteiger partial charge in [-0.1, -0.05) is 20.8 Å². The molecule has 0 saturated heterocycles. The van der Waals surface area contributed by atoms with E-state index in [1.165, 1.54) is 0 Å². The molecule has 1 aromatic heterocycles. The van der Waals surface area contributed by atoms with Crippen molar-refractivity contribution < 1.29 is 14.6 Å². The molecule has 2 heterocycles. The summed E-state index contributed by atoms with van der Waals surface area (Å²) in [5, 5.41) is 9.26. The van der Waals surface area contributed by atoms with Gasteiger partial charge in [0.2, 0.25) is 6.29 Å². The molecule has 1 atom stereocenters. The summed E-state index contributed by atoms with van der Waals surface area (Å²) < 4.78 is 11.6. The molecule has 94 valence electrons. The molecule has 17 heavy (non-hydrogen) atoms. The van der Waals surface area contributed by atoms with Crippen molar-refractivity contribution in [1.29, 1.82) is 0 Å². The largest absolute Gasteiger partial charge is 0.462 e. The molecule has 0 saturated carbocycles. The monoisotopic (exact) mass is 237 g/mol. The quantitative estimate of drug-likeness (QED) is 0.813. The Labute approximate surface area is 102 Å². The second-order valence-corrected chi connectivity index (χ2v) is 5.46. The van der Waals surface area contributed by atoms with Crippen molar-refractivity contribution in [2.24, 2.45) is 5.41 Å². The highest BCUT2D eigenvalue weighted by atomic mass is 16.7. The van der Waals surface area contributed by atoms with E-state index in [-0.39, 0.29) is 18.3 Å². The molecular weight excluding hydrogens is 218 g/mol. The van der Waals surface area contributed by atoms with Gasteiger partial charge in [0.05, 0.1) is 18.9 Å². The summed E-state index contributed by atoms with van der Waals surface area (Å²) in [6, 6.07) is 0. The van der Waals surface area contributed by atoms with Crippen molar-refractivity contribution in [2.75, 3.05) is 0 Å². The first-order valence-electron chi connectivity index (χ1n) is 5.80. The molecule has 1 N–H and O–H groups in total. The highest BCUT2D eigenvalue weighted by molar-refractivity contribution is 5.42. The van der Waals surface area contributed by atoms with Crippen molar-refractivity contribution in [3.63, 3.8) is 0 Å². The summed E-state index contributed by atoms with van der Waals surface area (Å²) in [6.07, 6.45) is 1.41. The van der Waals surface area contributed by atoms with Crippen LogP contribution in [0.3, 0.4) is 0 Å². The maximum atomic E-state index is 9.26. The van der Waals surface area contributed by atoms with Crippen LogP contribution in [0.15, 0.2) is 6.20 Å². The summed E-state index contributed by atoms with van der Waals surface area (Å²) in [6.45, 7) is 8.55. The number of ether oxygens (including phenoxy) is 2. The smallest absolute Gasteiger partial charge is 0.205 e. The lowest BCUT2D eigenvalue weighted by atomic mass is 9.95. The zero-order valence-corrected chi connectivity index (χ0v) is 10.8. The Bertz CT molecular complexity index is 423. The van der Waals surface area contributed by atoms with Gasteiger partial charge in [0, 0.05) is 22.7 Å². The summed E-state index contributed by atoms with van der Waals surface area (Å²) in [7, 11) is 0. The first-order valence-corrected chi connectivity index (χ1v) is 5.80. The molecule has 2 rings (SSSR count). The third-order valence-corrected chi connectivity index (χ3v) is 2.89. The number of aliphatic hydroxyl groups excluding tert-OH is 1. The number of hydrogen-bond donors (Lipinski definition) is 1. The fourth-order valence-corrected chi connectivity index (χ4v) is 1.85. The van der Waals surface area contributed by atoms with Gasteiger partial charge in [-0.05, 0) is 6.92 Å². The van der Waals surface area contributed by atoms with Gasteiger partial charge in [0.25, 0.3) is 0 Å². The minimum atomic E-state index is -0.274. The minimum Gasteiger partial charge on any atom is -0.462 e.